The summed E-state index contributed by atoms with van der Waals surface area (Å²) < 4.78 is 88.4. The van der Waals surface area contributed by atoms with Crippen molar-refractivity contribution in [1.82, 2.24) is 29.1 Å². The number of methoxy groups -OCH3 is 4. The Morgan fingerprint density at radius 3 is 1.46 bits per heavy atom. The molecule has 6 rings (SSSR count). The molecule has 0 aliphatic carbocycles. The van der Waals surface area contributed by atoms with Crippen LogP contribution in [0.5, 0.6) is 23.0 Å². The van der Waals surface area contributed by atoms with Gasteiger partial charge in [-0.3, -0.25) is 13.8 Å². The summed E-state index contributed by atoms with van der Waals surface area (Å²) >= 11 is 1.18. The zero-order valence-corrected chi connectivity index (χ0v) is 34.2. The molecule has 0 radical (unpaired) electrons. The third-order valence-electron chi connectivity index (χ3n) is 8.50. The van der Waals surface area contributed by atoms with Crippen LogP contribution in [0.2, 0.25) is 0 Å². The van der Waals surface area contributed by atoms with E-state index in [0.29, 0.717) is 39.8 Å². The first kappa shape index (κ1) is 44.0. The van der Waals surface area contributed by atoms with E-state index in [1.54, 1.807) is 56.0 Å². The lowest BCUT2D eigenvalue weighted by molar-refractivity contribution is 0.144. The number of thioether (sulfide) groups is 1. The minimum absolute atomic E-state index is 0.159. The second kappa shape index (κ2) is 20.1. The van der Waals surface area contributed by atoms with Gasteiger partial charge in [-0.1, -0.05) is 23.9 Å². The van der Waals surface area contributed by atoms with Crippen LogP contribution in [0.25, 0.3) is 22.5 Å². The third-order valence-corrected chi connectivity index (χ3v) is 9.74. The van der Waals surface area contributed by atoms with Crippen molar-refractivity contribution < 1.29 is 40.7 Å². The standard InChI is InChI=1S/C20H19F2N3O4S.C20H19F2N3O3S/c1-28-16-6-4-12(8-17(16)29-2)10-25-11-13(5-7-18(25)26)14-9-15(19(21)22)24-20(23-14)30(3)27;1-27-16-6-4-12(8-17(16)28-2)10-25-11-13(5-7-18(25)26)14-9-15(19(21)22)24-20(23-14)29-3/h4-9,11,19H,10H2,1-3H3;4-9,11,19H,10H2,1-3H3. The average molecular weight is 855 g/mol. The Morgan fingerprint density at radius 2 is 1.05 bits per heavy atom. The zero-order chi connectivity index (χ0) is 42.8. The predicted molar refractivity (Wildman–Crippen MR) is 215 cm³/mol. The molecule has 0 aliphatic heterocycles. The van der Waals surface area contributed by atoms with Crippen LogP contribution in [-0.4, -0.2) is 74.2 Å². The minimum atomic E-state index is -2.84. The molecule has 59 heavy (non-hydrogen) atoms. The summed E-state index contributed by atoms with van der Waals surface area (Å²) in [5.74, 6) is 2.22. The molecule has 0 N–H and O–H groups in total. The maximum Gasteiger partial charge on any atom is 0.280 e. The van der Waals surface area contributed by atoms with Crippen molar-refractivity contribution in [3.05, 3.63) is 128 Å². The number of pyridine rings is 2. The molecule has 19 heteroatoms. The number of halogens is 4. The smallest absolute Gasteiger partial charge is 0.280 e. The van der Waals surface area contributed by atoms with Gasteiger partial charge in [0.1, 0.15) is 11.4 Å². The Kier molecular flexibility index (Phi) is 15.0. The highest BCUT2D eigenvalue weighted by molar-refractivity contribution is 7.98. The molecule has 310 valence electrons. The molecule has 4 aromatic heterocycles. The Morgan fingerprint density at radius 1 is 0.610 bits per heavy atom. The minimum Gasteiger partial charge on any atom is -0.493 e. The molecule has 4 heterocycles. The molecule has 0 spiro atoms. The molecular weight excluding hydrogens is 817 g/mol. The van der Waals surface area contributed by atoms with Crippen LogP contribution in [0, 0.1) is 0 Å². The van der Waals surface area contributed by atoms with E-state index in [4.69, 9.17) is 18.9 Å². The number of ether oxygens (including phenoxy) is 4. The van der Waals surface area contributed by atoms with Crippen molar-refractivity contribution in [1.29, 1.82) is 0 Å². The molecule has 0 aliphatic rings. The van der Waals surface area contributed by atoms with Crippen LogP contribution in [0.15, 0.2) is 105 Å². The van der Waals surface area contributed by atoms with Crippen molar-refractivity contribution in [2.24, 2.45) is 0 Å². The molecule has 0 fully saturated rings. The first-order chi connectivity index (χ1) is 28.3. The van der Waals surface area contributed by atoms with Crippen LogP contribution in [0.3, 0.4) is 0 Å². The van der Waals surface area contributed by atoms with Gasteiger partial charge in [-0.15, -0.1) is 0 Å². The summed E-state index contributed by atoms with van der Waals surface area (Å²) in [4.78, 5) is 40.6. The summed E-state index contributed by atoms with van der Waals surface area (Å²) in [6.45, 7) is 0.488. The van der Waals surface area contributed by atoms with E-state index >= 15 is 0 Å². The number of rotatable bonds is 14. The van der Waals surface area contributed by atoms with Gasteiger partial charge in [0.2, 0.25) is 5.16 Å². The van der Waals surface area contributed by atoms with Crippen LogP contribution in [0.1, 0.15) is 35.4 Å². The second-order valence-electron chi connectivity index (χ2n) is 12.3. The molecule has 6 aromatic rings. The molecule has 0 bridgehead atoms. The second-order valence-corrected chi connectivity index (χ2v) is 14.4. The van der Waals surface area contributed by atoms with E-state index in [1.165, 1.54) is 78.9 Å². The van der Waals surface area contributed by atoms with Crippen LogP contribution in [-0.2, 0) is 23.9 Å². The molecule has 13 nitrogen and oxygen atoms in total. The maximum atomic E-state index is 13.2. The summed E-state index contributed by atoms with van der Waals surface area (Å²) in [6.07, 6.45) is 0.588. The maximum absolute atomic E-state index is 13.2. The van der Waals surface area contributed by atoms with Crippen molar-refractivity contribution in [3.8, 4) is 45.5 Å². The highest BCUT2D eigenvalue weighted by Gasteiger charge is 2.18. The lowest BCUT2D eigenvalue weighted by Gasteiger charge is -2.12. The number of alkyl halides is 4. The van der Waals surface area contributed by atoms with Crippen molar-refractivity contribution in [2.75, 3.05) is 41.0 Å². The number of benzene rings is 2. The molecule has 1 atom stereocenters. The Hall–Kier alpha value is -6.08. The number of nitrogens with zero attached hydrogens (tertiary/aromatic N) is 6. The van der Waals surface area contributed by atoms with Gasteiger partial charge in [0.15, 0.2) is 28.2 Å². The molecule has 0 saturated carbocycles. The average Bonchev–Trinajstić information content (AvgIpc) is 3.24. The first-order valence-corrected chi connectivity index (χ1v) is 20.1. The van der Waals surface area contributed by atoms with Gasteiger partial charge in [0.25, 0.3) is 24.0 Å². The quantitative estimate of drug-likeness (QED) is 0.0627. The van der Waals surface area contributed by atoms with Gasteiger partial charge in [-0.25, -0.2) is 37.5 Å². The van der Waals surface area contributed by atoms with E-state index in [2.05, 4.69) is 19.9 Å². The molecule has 1 unspecified atom stereocenters. The first-order valence-electron chi connectivity index (χ1n) is 17.3. The van der Waals surface area contributed by atoms with Gasteiger partial charge in [-0.2, -0.15) is 0 Å². The van der Waals surface area contributed by atoms with Crippen LogP contribution in [0.4, 0.5) is 17.6 Å². The van der Waals surface area contributed by atoms with E-state index in [1.807, 2.05) is 6.07 Å². The lowest BCUT2D eigenvalue weighted by Crippen LogP contribution is -2.19. The monoisotopic (exact) mass is 854 g/mol. The van der Waals surface area contributed by atoms with Gasteiger partial charge in [0, 0.05) is 41.9 Å². The third kappa shape index (κ3) is 11.1. The molecule has 2 aromatic carbocycles. The number of hydrogen-bond donors (Lipinski definition) is 0. The highest BCUT2D eigenvalue weighted by atomic mass is 32.2. The fourth-order valence-corrected chi connectivity index (χ4v) is 6.44. The summed E-state index contributed by atoms with van der Waals surface area (Å²) in [5.41, 5.74) is 1.68. The van der Waals surface area contributed by atoms with E-state index in [9.17, 15) is 31.4 Å². The SMILES string of the molecule is COc1ccc(Cn2cc(-c3cc(C(F)F)nc(S(C)=O)n3)ccc2=O)cc1OC.COc1ccc(Cn2cc(-c3cc(C(F)F)nc(SC)n3)ccc2=O)cc1OC. The lowest BCUT2D eigenvalue weighted by atomic mass is 10.1. The van der Waals surface area contributed by atoms with Crippen LogP contribution < -0.4 is 30.1 Å². The topological polar surface area (TPSA) is 150 Å². The fraction of sp³-hybridized carbons (Fsp3) is 0.250. The Balaban J connectivity index is 0.000000224. The Bertz CT molecular complexity index is 2580. The molecular formula is C40H38F4N6O7S2. The Labute approximate surface area is 342 Å². The van der Waals surface area contributed by atoms with E-state index < -0.39 is 29.3 Å². The van der Waals surface area contributed by atoms with Crippen molar-refractivity contribution >= 4 is 22.6 Å². The summed E-state index contributed by atoms with van der Waals surface area (Å²) in [5, 5.41) is 0.0517. The van der Waals surface area contributed by atoms with Crippen molar-refractivity contribution in [2.45, 2.75) is 36.3 Å². The number of aromatic nitrogens is 6. The van der Waals surface area contributed by atoms with Crippen molar-refractivity contribution in [3.63, 3.8) is 0 Å². The predicted octanol–water partition coefficient (Wildman–Crippen LogP) is 7.08. The van der Waals surface area contributed by atoms with E-state index in [-0.39, 0.29) is 45.9 Å². The van der Waals surface area contributed by atoms with E-state index in [0.717, 1.165) is 17.2 Å². The van der Waals surface area contributed by atoms with Crippen LogP contribution >= 0.6 is 11.8 Å². The summed E-state index contributed by atoms with van der Waals surface area (Å²) in [7, 11) is 4.48. The van der Waals surface area contributed by atoms with Gasteiger partial charge >= 0.3 is 0 Å². The molecule has 0 saturated heterocycles. The van der Waals surface area contributed by atoms with Gasteiger partial charge in [-0.05, 0) is 65.9 Å². The summed E-state index contributed by atoms with van der Waals surface area (Å²) in [6, 6.07) is 18.7. The van der Waals surface area contributed by atoms with Gasteiger partial charge in [0.05, 0.1) is 63.7 Å². The highest BCUT2D eigenvalue weighted by Crippen LogP contribution is 2.30. The number of hydrogen-bond acceptors (Lipinski definition) is 12. The van der Waals surface area contributed by atoms with Gasteiger partial charge < -0.3 is 28.1 Å². The fourth-order valence-electron chi connectivity index (χ4n) is 5.59. The largest absolute Gasteiger partial charge is 0.493 e. The zero-order valence-electron chi connectivity index (χ0n) is 32.5. The molecule has 0 amide bonds. The normalized spacial score (nSPS) is 11.5.